The van der Waals surface area contributed by atoms with Gasteiger partial charge in [0.15, 0.2) is 0 Å². The van der Waals surface area contributed by atoms with Crippen molar-refractivity contribution in [1.29, 1.82) is 0 Å². The van der Waals surface area contributed by atoms with Crippen molar-refractivity contribution < 1.29 is 14.2 Å². The van der Waals surface area contributed by atoms with Gasteiger partial charge in [-0.1, -0.05) is 17.3 Å². The third-order valence-electron chi connectivity index (χ3n) is 3.51. The fourth-order valence-electron chi connectivity index (χ4n) is 2.33. The minimum Gasteiger partial charge on any atom is -0.381 e. The van der Waals surface area contributed by atoms with Crippen LogP contribution in [0.3, 0.4) is 0 Å². The highest BCUT2D eigenvalue weighted by molar-refractivity contribution is 5.67. The van der Waals surface area contributed by atoms with Gasteiger partial charge >= 0.3 is 0 Å². The van der Waals surface area contributed by atoms with Gasteiger partial charge in [0.1, 0.15) is 5.56 Å². The molecular weight excluding hydrogens is 276 g/mol. The Morgan fingerprint density at radius 2 is 2.19 bits per heavy atom. The number of hydrogen-bond donors (Lipinski definition) is 1. The Hall–Kier alpha value is -2.32. The lowest BCUT2D eigenvalue weighted by Gasteiger charge is -2.25. The lowest BCUT2D eigenvalue weighted by molar-refractivity contribution is -0.384. The summed E-state index contributed by atoms with van der Waals surface area (Å²) in [6.07, 6.45) is 0.716. The van der Waals surface area contributed by atoms with Gasteiger partial charge in [-0.3, -0.25) is 10.1 Å². The molecule has 3 rings (SSSR count). The van der Waals surface area contributed by atoms with Crippen LogP contribution < -0.4 is 5.73 Å². The number of hydrogen-bond acceptors (Lipinski definition) is 7. The molecule has 21 heavy (non-hydrogen) atoms. The van der Waals surface area contributed by atoms with E-state index in [-0.39, 0.29) is 23.5 Å². The number of para-hydroxylation sites is 1. The normalized spacial score (nSPS) is 22.1. The Morgan fingerprint density at radius 3 is 2.95 bits per heavy atom. The van der Waals surface area contributed by atoms with Crippen molar-refractivity contribution in [2.45, 2.75) is 18.4 Å². The second-order valence-corrected chi connectivity index (χ2v) is 4.86. The summed E-state index contributed by atoms with van der Waals surface area (Å²) in [4.78, 5) is 14.8. The van der Waals surface area contributed by atoms with Gasteiger partial charge in [0.05, 0.1) is 17.4 Å². The fraction of sp³-hybridized carbons (Fsp3) is 0.385. The number of rotatable bonds is 3. The molecule has 0 radical (unpaired) electrons. The monoisotopic (exact) mass is 290 g/mol. The van der Waals surface area contributed by atoms with Gasteiger partial charge in [-0.05, 0) is 12.5 Å². The van der Waals surface area contributed by atoms with Crippen molar-refractivity contribution in [1.82, 2.24) is 10.1 Å². The molecule has 110 valence electrons. The molecule has 2 heterocycles. The van der Waals surface area contributed by atoms with Gasteiger partial charge in [0.2, 0.25) is 11.7 Å². The van der Waals surface area contributed by atoms with E-state index >= 15 is 0 Å². The first-order chi connectivity index (χ1) is 10.2. The van der Waals surface area contributed by atoms with E-state index in [1.165, 1.54) is 6.07 Å². The van der Waals surface area contributed by atoms with Crippen molar-refractivity contribution in [3.8, 4) is 11.4 Å². The van der Waals surface area contributed by atoms with Crippen LogP contribution in [0.15, 0.2) is 28.8 Å². The average Bonchev–Trinajstić information content (AvgIpc) is 2.97. The summed E-state index contributed by atoms with van der Waals surface area (Å²) < 4.78 is 10.6. The van der Waals surface area contributed by atoms with E-state index in [2.05, 4.69) is 10.1 Å². The predicted molar refractivity (Wildman–Crippen MR) is 72.5 cm³/mol. The van der Waals surface area contributed by atoms with Crippen molar-refractivity contribution in [3.63, 3.8) is 0 Å². The molecule has 0 amide bonds. The van der Waals surface area contributed by atoms with Gasteiger partial charge in [-0.15, -0.1) is 0 Å². The zero-order valence-electron chi connectivity index (χ0n) is 11.1. The molecule has 0 bridgehead atoms. The lowest BCUT2D eigenvalue weighted by Crippen LogP contribution is -2.37. The molecule has 2 atom stereocenters. The fourth-order valence-corrected chi connectivity index (χ4v) is 2.33. The minimum atomic E-state index is -0.471. The molecule has 1 fully saturated rings. The number of nitrogens with zero attached hydrogens (tertiary/aromatic N) is 3. The van der Waals surface area contributed by atoms with Crippen molar-refractivity contribution in [2.75, 3.05) is 13.2 Å². The van der Waals surface area contributed by atoms with Gasteiger partial charge < -0.3 is 15.0 Å². The van der Waals surface area contributed by atoms with Gasteiger partial charge in [0, 0.05) is 18.7 Å². The highest BCUT2D eigenvalue weighted by atomic mass is 16.6. The first-order valence-corrected chi connectivity index (χ1v) is 6.57. The second-order valence-electron chi connectivity index (χ2n) is 4.86. The number of nitrogens with two attached hydrogens (primary N) is 1. The standard InChI is InChI=1S/C13H14N4O4/c14-10-5-6-20-7-9(10)13-15-12(16-21-13)8-3-1-2-4-11(8)17(18)19/h1-4,9-10H,5-7,14H2. The Kier molecular flexibility index (Phi) is 3.63. The average molecular weight is 290 g/mol. The Bertz CT molecular complexity index is 657. The molecule has 8 nitrogen and oxygen atoms in total. The number of ether oxygens (including phenoxy) is 1. The van der Waals surface area contributed by atoms with Crippen LogP contribution in [-0.2, 0) is 4.74 Å². The molecule has 0 spiro atoms. The molecule has 2 N–H and O–H groups in total. The Labute approximate surface area is 120 Å². The maximum atomic E-state index is 11.0. The molecule has 2 aromatic rings. The number of aromatic nitrogens is 2. The first-order valence-electron chi connectivity index (χ1n) is 6.57. The van der Waals surface area contributed by atoms with E-state index in [1.807, 2.05) is 0 Å². The maximum Gasteiger partial charge on any atom is 0.280 e. The number of nitro benzene ring substituents is 1. The van der Waals surface area contributed by atoms with Gasteiger partial charge in [-0.2, -0.15) is 4.98 Å². The summed E-state index contributed by atoms with van der Waals surface area (Å²) in [6, 6.07) is 6.16. The summed E-state index contributed by atoms with van der Waals surface area (Å²) in [5, 5.41) is 14.9. The van der Waals surface area contributed by atoms with Crippen molar-refractivity contribution in [2.24, 2.45) is 5.73 Å². The highest BCUT2D eigenvalue weighted by Crippen LogP contribution is 2.30. The minimum absolute atomic E-state index is 0.0611. The predicted octanol–water partition coefficient (Wildman–Crippen LogP) is 1.48. The van der Waals surface area contributed by atoms with E-state index < -0.39 is 4.92 Å². The van der Waals surface area contributed by atoms with Crippen LogP contribution in [-0.4, -0.2) is 34.3 Å². The largest absolute Gasteiger partial charge is 0.381 e. The van der Waals surface area contributed by atoms with Crippen LogP contribution in [0.4, 0.5) is 5.69 Å². The molecule has 0 aliphatic carbocycles. The SMILES string of the molecule is NC1CCOCC1c1nc(-c2ccccc2[N+](=O)[O-])no1. The van der Waals surface area contributed by atoms with E-state index in [0.29, 0.717) is 31.1 Å². The summed E-state index contributed by atoms with van der Waals surface area (Å²) in [6.45, 7) is 1.03. The highest BCUT2D eigenvalue weighted by Gasteiger charge is 2.30. The lowest BCUT2D eigenvalue weighted by atomic mass is 9.97. The summed E-state index contributed by atoms with van der Waals surface area (Å²) in [5.74, 6) is 0.369. The van der Waals surface area contributed by atoms with E-state index in [1.54, 1.807) is 18.2 Å². The summed E-state index contributed by atoms with van der Waals surface area (Å²) in [5.41, 5.74) is 6.28. The molecule has 2 unspecified atom stereocenters. The van der Waals surface area contributed by atoms with Crippen LogP contribution in [0, 0.1) is 10.1 Å². The van der Waals surface area contributed by atoms with Crippen LogP contribution in [0.1, 0.15) is 18.2 Å². The Balaban J connectivity index is 1.93. The number of benzene rings is 1. The molecular formula is C13H14N4O4. The smallest absolute Gasteiger partial charge is 0.280 e. The molecule has 1 aliphatic rings. The van der Waals surface area contributed by atoms with Crippen molar-refractivity contribution in [3.05, 3.63) is 40.3 Å². The van der Waals surface area contributed by atoms with Crippen LogP contribution in [0.25, 0.3) is 11.4 Å². The molecule has 1 aromatic heterocycles. The third-order valence-corrected chi connectivity index (χ3v) is 3.51. The summed E-state index contributed by atoms with van der Waals surface area (Å²) >= 11 is 0. The summed E-state index contributed by atoms with van der Waals surface area (Å²) in [7, 11) is 0. The number of nitro groups is 1. The first kappa shape index (κ1) is 13.7. The topological polar surface area (TPSA) is 117 Å². The Morgan fingerprint density at radius 1 is 1.38 bits per heavy atom. The molecule has 1 aliphatic heterocycles. The van der Waals surface area contributed by atoms with Gasteiger partial charge in [-0.25, -0.2) is 0 Å². The van der Waals surface area contributed by atoms with Gasteiger partial charge in [0.25, 0.3) is 5.69 Å². The quantitative estimate of drug-likeness (QED) is 0.671. The third kappa shape index (κ3) is 2.63. The van der Waals surface area contributed by atoms with E-state index in [4.69, 9.17) is 15.0 Å². The molecule has 1 aromatic carbocycles. The van der Waals surface area contributed by atoms with E-state index in [0.717, 1.165) is 0 Å². The van der Waals surface area contributed by atoms with Crippen LogP contribution in [0.5, 0.6) is 0 Å². The second kappa shape index (κ2) is 5.58. The van der Waals surface area contributed by atoms with Crippen LogP contribution >= 0.6 is 0 Å². The van der Waals surface area contributed by atoms with Crippen molar-refractivity contribution >= 4 is 5.69 Å². The van der Waals surface area contributed by atoms with Crippen LogP contribution in [0.2, 0.25) is 0 Å². The zero-order chi connectivity index (χ0) is 14.8. The zero-order valence-corrected chi connectivity index (χ0v) is 11.1. The maximum absolute atomic E-state index is 11.0. The molecule has 1 saturated heterocycles. The molecule has 0 saturated carbocycles. The van der Waals surface area contributed by atoms with E-state index in [9.17, 15) is 10.1 Å². The molecule has 8 heteroatoms.